The van der Waals surface area contributed by atoms with Gasteiger partial charge in [-0.2, -0.15) is 5.10 Å². The Hall–Kier alpha value is -4.39. The number of aryl methyl sites for hydroxylation is 1. The molecule has 4 rings (SSSR count). The molecule has 0 aliphatic carbocycles. The minimum atomic E-state index is -0.189. The summed E-state index contributed by atoms with van der Waals surface area (Å²) in [5.41, 5.74) is 5.66. The first-order valence-corrected chi connectivity index (χ1v) is 11.4. The zero-order chi connectivity index (χ0) is 24.8. The van der Waals surface area contributed by atoms with Crippen LogP contribution in [0.1, 0.15) is 39.8 Å². The average Bonchev–Trinajstić information content (AvgIpc) is 3.12. The first-order chi connectivity index (χ1) is 16.9. The van der Waals surface area contributed by atoms with E-state index in [0.29, 0.717) is 24.4 Å². The van der Waals surface area contributed by atoms with E-state index in [4.69, 9.17) is 4.74 Å². The maximum absolute atomic E-state index is 12.9. The fourth-order valence-electron chi connectivity index (χ4n) is 3.72. The van der Waals surface area contributed by atoms with Crippen molar-refractivity contribution in [3.63, 3.8) is 0 Å². The van der Waals surface area contributed by atoms with Gasteiger partial charge in [0, 0.05) is 18.2 Å². The topological polar surface area (TPSA) is 85.3 Å². The van der Waals surface area contributed by atoms with Crippen LogP contribution >= 0.6 is 0 Å². The Morgan fingerprint density at radius 3 is 2.17 bits per heavy atom. The maximum atomic E-state index is 12.9. The summed E-state index contributed by atoms with van der Waals surface area (Å²) in [6.45, 7) is 6.28. The van der Waals surface area contributed by atoms with Gasteiger partial charge in [0.1, 0.15) is 12.4 Å². The lowest BCUT2D eigenvalue weighted by molar-refractivity contribution is -0.114. The van der Waals surface area contributed by atoms with Crippen molar-refractivity contribution in [2.24, 2.45) is 0 Å². The average molecular weight is 469 g/mol. The summed E-state index contributed by atoms with van der Waals surface area (Å²) in [4.78, 5) is 24.1. The number of anilines is 2. The van der Waals surface area contributed by atoms with Crippen LogP contribution in [0.3, 0.4) is 0 Å². The van der Waals surface area contributed by atoms with Gasteiger partial charge in [0.2, 0.25) is 5.91 Å². The third-order valence-electron chi connectivity index (χ3n) is 5.59. The summed E-state index contributed by atoms with van der Waals surface area (Å²) in [5, 5.41) is 10.4. The Labute approximate surface area is 204 Å². The van der Waals surface area contributed by atoms with Crippen molar-refractivity contribution in [2.45, 2.75) is 33.9 Å². The van der Waals surface area contributed by atoms with Gasteiger partial charge in [0.25, 0.3) is 5.91 Å². The monoisotopic (exact) mass is 468 g/mol. The van der Waals surface area contributed by atoms with E-state index in [1.54, 1.807) is 12.1 Å². The number of nitrogens with zero attached hydrogens (tertiary/aromatic N) is 2. The molecule has 178 valence electrons. The van der Waals surface area contributed by atoms with Gasteiger partial charge in [-0.25, -0.2) is 0 Å². The number of hydrogen-bond acceptors (Lipinski definition) is 4. The lowest BCUT2D eigenvalue weighted by atomic mass is 10.1. The van der Waals surface area contributed by atoms with E-state index in [-0.39, 0.29) is 11.8 Å². The quantitative estimate of drug-likeness (QED) is 0.366. The minimum absolute atomic E-state index is 0.105. The van der Waals surface area contributed by atoms with Crippen LogP contribution < -0.4 is 15.4 Å². The highest BCUT2D eigenvalue weighted by Crippen LogP contribution is 2.22. The summed E-state index contributed by atoms with van der Waals surface area (Å²) in [6, 6.07) is 24.6. The SMILES string of the molecule is CC(=O)Nc1ccc(Cn2nc(C)c(NC(=O)c3ccc(COc4ccccc4)cc3)c2C)cc1. The van der Waals surface area contributed by atoms with Gasteiger partial charge in [-0.05, 0) is 61.4 Å². The van der Waals surface area contributed by atoms with E-state index in [1.165, 1.54) is 6.92 Å². The molecule has 35 heavy (non-hydrogen) atoms. The molecule has 0 aliphatic rings. The van der Waals surface area contributed by atoms with Crippen LogP contribution in [0.25, 0.3) is 0 Å². The molecule has 4 aromatic rings. The van der Waals surface area contributed by atoms with E-state index < -0.39 is 0 Å². The number of aromatic nitrogens is 2. The Kier molecular flexibility index (Phi) is 7.26. The van der Waals surface area contributed by atoms with Crippen LogP contribution in [0, 0.1) is 13.8 Å². The summed E-state index contributed by atoms with van der Waals surface area (Å²) in [5.74, 6) is 0.513. The van der Waals surface area contributed by atoms with E-state index in [0.717, 1.165) is 34.0 Å². The molecule has 7 nitrogen and oxygen atoms in total. The van der Waals surface area contributed by atoms with Crippen molar-refractivity contribution in [1.82, 2.24) is 9.78 Å². The van der Waals surface area contributed by atoms with Crippen molar-refractivity contribution in [3.05, 3.63) is 107 Å². The highest BCUT2D eigenvalue weighted by atomic mass is 16.5. The molecule has 0 saturated carbocycles. The lowest BCUT2D eigenvalue weighted by Crippen LogP contribution is -2.13. The first-order valence-electron chi connectivity index (χ1n) is 11.4. The summed E-state index contributed by atoms with van der Waals surface area (Å²) >= 11 is 0. The van der Waals surface area contributed by atoms with Crippen LogP contribution in [0.5, 0.6) is 5.75 Å². The first kappa shape index (κ1) is 23.8. The molecule has 0 spiro atoms. The molecule has 7 heteroatoms. The fourth-order valence-corrected chi connectivity index (χ4v) is 3.72. The smallest absolute Gasteiger partial charge is 0.255 e. The van der Waals surface area contributed by atoms with Crippen molar-refractivity contribution in [2.75, 3.05) is 10.6 Å². The Bertz CT molecular complexity index is 1310. The third-order valence-corrected chi connectivity index (χ3v) is 5.59. The molecule has 0 unspecified atom stereocenters. The van der Waals surface area contributed by atoms with Crippen LogP contribution in [-0.4, -0.2) is 21.6 Å². The fraction of sp³-hybridized carbons (Fsp3) is 0.179. The van der Waals surface area contributed by atoms with Gasteiger partial charge in [0.15, 0.2) is 0 Å². The van der Waals surface area contributed by atoms with Crippen LogP contribution in [0.15, 0.2) is 78.9 Å². The molecular weight excluding hydrogens is 440 g/mol. The molecule has 0 fully saturated rings. The van der Waals surface area contributed by atoms with E-state index in [1.807, 2.05) is 85.3 Å². The maximum Gasteiger partial charge on any atom is 0.255 e. The molecule has 2 amide bonds. The van der Waals surface area contributed by atoms with Gasteiger partial charge in [-0.3, -0.25) is 14.3 Å². The van der Waals surface area contributed by atoms with E-state index in [9.17, 15) is 9.59 Å². The van der Waals surface area contributed by atoms with Gasteiger partial charge in [-0.15, -0.1) is 0 Å². The molecule has 0 radical (unpaired) electrons. The predicted molar refractivity (Wildman–Crippen MR) is 137 cm³/mol. The summed E-state index contributed by atoms with van der Waals surface area (Å²) < 4.78 is 7.63. The van der Waals surface area contributed by atoms with Crippen LogP contribution in [0.4, 0.5) is 11.4 Å². The van der Waals surface area contributed by atoms with Crippen molar-refractivity contribution < 1.29 is 14.3 Å². The Balaban J connectivity index is 1.39. The molecule has 2 N–H and O–H groups in total. The number of para-hydroxylation sites is 1. The number of nitrogens with one attached hydrogen (secondary N) is 2. The number of hydrogen-bond donors (Lipinski definition) is 2. The van der Waals surface area contributed by atoms with Crippen molar-refractivity contribution in [1.29, 1.82) is 0 Å². The number of carbonyl (C=O) groups excluding carboxylic acids is 2. The highest BCUT2D eigenvalue weighted by molar-refractivity contribution is 6.04. The van der Waals surface area contributed by atoms with Gasteiger partial charge < -0.3 is 15.4 Å². The molecule has 3 aromatic carbocycles. The second-order valence-corrected chi connectivity index (χ2v) is 8.33. The zero-order valence-electron chi connectivity index (χ0n) is 20.0. The van der Waals surface area contributed by atoms with E-state index in [2.05, 4.69) is 15.7 Å². The summed E-state index contributed by atoms with van der Waals surface area (Å²) in [6.07, 6.45) is 0. The zero-order valence-corrected chi connectivity index (χ0v) is 20.0. The Morgan fingerprint density at radius 2 is 1.51 bits per heavy atom. The van der Waals surface area contributed by atoms with Crippen LogP contribution in [-0.2, 0) is 17.9 Å². The highest BCUT2D eigenvalue weighted by Gasteiger charge is 2.16. The second kappa shape index (κ2) is 10.7. The van der Waals surface area contributed by atoms with Gasteiger partial charge in [-0.1, -0.05) is 42.5 Å². The Morgan fingerprint density at radius 1 is 0.857 bits per heavy atom. The predicted octanol–water partition coefficient (Wildman–Crippen LogP) is 5.34. The van der Waals surface area contributed by atoms with Crippen molar-refractivity contribution >= 4 is 23.2 Å². The molecule has 0 bridgehead atoms. The minimum Gasteiger partial charge on any atom is -0.489 e. The summed E-state index contributed by atoms with van der Waals surface area (Å²) in [7, 11) is 0. The molecule has 0 saturated heterocycles. The number of benzene rings is 3. The standard InChI is InChI=1S/C28H28N4O3/c1-19-27(20(2)32(31-19)17-22-11-15-25(16-12-22)29-21(3)33)30-28(34)24-13-9-23(10-14-24)18-35-26-7-5-4-6-8-26/h4-16H,17-18H2,1-3H3,(H,29,33)(H,30,34). The molecular formula is C28H28N4O3. The third kappa shape index (κ3) is 6.14. The number of amides is 2. The van der Waals surface area contributed by atoms with Gasteiger partial charge in [0.05, 0.1) is 23.6 Å². The normalized spacial score (nSPS) is 10.6. The number of rotatable bonds is 8. The second-order valence-electron chi connectivity index (χ2n) is 8.33. The number of carbonyl (C=O) groups is 2. The lowest BCUT2D eigenvalue weighted by Gasteiger charge is -2.09. The molecule has 1 heterocycles. The molecule has 1 aromatic heterocycles. The number of ether oxygens (including phenoxy) is 1. The van der Waals surface area contributed by atoms with Crippen molar-refractivity contribution in [3.8, 4) is 5.75 Å². The molecule has 0 aliphatic heterocycles. The largest absolute Gasteiger partial charge is 0.489 e. The van der Waals surface area contributed by atoms with Gasteiger partial charge >= 0.3 is 0 Å². The van der Waals surface area contributed by atoms with Crippen LogP contribution in [0.2, 0.25) is 0 Å². The van der Waals surface area contributed by atoms with E-state index >= 15 is 0 Å². The molecule has 0 atom stereocenters.